The zero-order chi connectivity index (χ0) is 14.2. The Bertz CT molecular complexity index is 604. The number of hydrogen-bond donors (Lipinski definition) is 0. The Labute approximate surface area is 131 Å². The standard InChI is InChI=1S/C14H13BrCl2N2/c1-7(2)12-8(3)18-14(19-13(12)17)9-4-5-10(15)11(16)6-9/h4-7H,1-3H3. The molecule has 0 aliphatic carbocycles. The van der Waals surface area contributed by atoms with Gasteiger partial charge in [0, 0.05) is 21.3 Å². The first-order chi connectivity index (χ1) is 8.90. The zero-order valence-corrected chi connectivity index (χ0v) is 13.9. The molecular weight excluding hydrogens is 347 g/mol. The summed E-state index contributed by atoms with van der Waals surface area (Å²) in [6, 6.07) is 5.61. The van der Waals surface area contributed by atoms with Crippen molar-refractivity contribution in [1.82, 2.24) is 9.97 Å². The molecular formula is C14H13BrCl2N2. The number of benzene rings is 1. The second kappa shape index (κ2) is 5.78. The van der Waals surface area contributed by atoms with E-state index in [4.69, 9.17) is 23.2 Å². The minimum absolute atomic E-state index is 0.301. The molecule has 19 heavy (non-hydrogen) atoms. The first-order valence-corrected chi connectivity index (χ1v) is 7.44. The Kier molecular flexibility index (Phi) is 4.49. The van der Waals surface area contributed by atoms with Crippen LogP contribution in [0.4, 0.5) is 0 Å². The van der Waals surface area contributed by atoms with Crippen LogP contribution in [0, 0.1) is 6.92 Å². The van der Waals surface area contributed by atoms with E-state index >= 15 is 0 Å². The van der Waals surface area contributed by atoms with Crippen molar-refractivity contribution in [2.45, 2.75) is 26.7 Å². The van der Waals surface area contributed by atoms with Crippen molar-refractivity contribution in [3.05, 3.63) is 44.1 Å². The predicted molar refractivity (Wildman–Crippen MR) is 84.0 cm³/mol. The molecule has 0 fully saturated rings. The van der Waals surface area contributed by atoms with Gasteiger partial charge >= 0.3 is 0 Å². The highest BCUT2D eigenvalue weighted by Crippen LogP contribution is 2.30. The Hall–Kier alpha value is -0.640. The first-order valence-electron chi connectivity index (χ1n) is 5.89. The van der Waals surface area contributed by atoms with Gasteiger partial charge in [-0.15, -0.1) is 0 Å². The summed E-state index contributed by atoms with van der Waals surface area (Å²) in [6.45, 7) is 6.11. The van der Waals surface area contributed by atoms with Crippen molar-refractivity contribution in [2.75, 3.05) is 0 Å². The van der Waals surface area contributed by atoms with Crippen LogP contribution >= 0.6 is 39.1 Å². The van der Waals surface area contributed by atoms with Crippen LogP contribution in [0.25, 0.3) is 11.4 Å². The van der Waals surface area contributed by atoms with E-state index in [0.29, 0.717) is 21.9 Å². The van der Waals surface area contributed by atoms with E-state index in [9.17, 15) is 0 Å². The summed E-state index contributed by atoms with van der Waals surface area (Å²) in [5, 5.41) is 1.14. The smallest absolute Gasteiger partial charge is 0.161 e. The third kappa shape index (κ3) is 3.10. The van der Waals surface area contributed by atoms with E-state index in [1.807, 2.05) is 25.1 Å². The minimum atomic E-state index is 0.301. The minimum Gasteiger partial charge on any atom is -0.233 e. The lowest BCUT2D eigenvalue weighted by Crippen LogP contribution is -2.01. The summed E-state index contributed by atoms with van der Waals surface area (Å²) >= 11 is 15.7. The lowest BCUT2D eigenvalue weighted by atomic mass is 10.0. The maximum atomic E-state index is 6.26. The second-order valence-corrected chi connectivity index (χ2v) is 6.24. The van der Waals surface area contributed by atoms with Crippen LogP contribution < -0.4 is 0 Å². The third-order valence-electron chi connectivity index (χ3n) is 2.84. The van der Waals surface area contributed by atoms with Crippen molar-refractivity contribution in [2.24, 2.45) is 0 Å². The van der Waals surface area contributed by atoms with Crippen LogP contribution in [-0.2, 0) is 0 Å². The van der Waals surface area contributed by atoms with E-state index in [2.05, 4.69) is 39.7 Å². The highest BCUT2D eigenvalue weighted by Gasteiger charge is 2.14. The molecule has 0 aliphatic heterocycles. The lowest BCUT2D eigenvalue weighted by Gasteiger charge is -2.12. The van der Waals surface area contributed by atoms with E-state index in [0.717, 1.165) is 21.3 Å². The number of hydrogen-bond acceptors (Lipinski definition) is 2. The molecule has 0 radical (unpaired) electrons. The summed E-state index contributed by atoms with van der Waals surface area (Å²) in [7, 11) is 0. The Balaban J connectivity index is 2.55. The van der Waals surface area contributed by atoms with E-state index in [-0.39, 0.29) is 0 Å². The number of aryl methyl sites for hydroxylation is 1. The van der Waals surface area contributed by atoms with Crippen LogP contribution in [0.5, 0.6) is 0 Å². The second-order valence-electron chi connectivity index (χ2n) is 4.62. The van der Waals surface area contributed by atoms with Gasteiger partial charge in [-0.1, -0.05) is 37.0 Å². The predicted octanol–water partition coefficient (Wildman–Crippen LogP) is 5.64. The molecule has 0 amide bonds. The first kappa shape index (κ1) is 14.8. The Morgan fingerprint density at radius 3 is 2.37 bits per heavy atom. The highest BCUT2D eigenvalue weighted by molar-refractivity contribution is 9.10. The molecule has 5 heteroatoms. The highest BCUT2D eigenvalue weighted by atomic mass is 79.9. The molecule has 1 aromatic heterocycles. The Morgan fingerprint density at radius 1 is 1.16 bits per heavy atom. The van der Waals surface area contributed by atoms with Gasteiger partial charge in [0.15, 0.2) is 5.82 Å². The van der Waals surface area contributed by atoms with Gasteiger partial charge < -0.3 is 0 Å². The zero-order valence-electron chi connectivity index (χ0n) is 10.8. The lowest BCUT2D eigenvalue weighted by molar-refractivity contribution is 0.831. The average molecular weight is 360 g/mol. The van der Waals surface area contributed by atoms with Crippen molar-refractivity contribution in [3.63, 3.8) is 0 Å². The summed E-state index contributed by atoms with van der Waals surface area (Å²) < 4.78 is 0.847. The summed E-state index contributed by atoms with van der Waals surface area (Å²) in [6.07, 6.45) is 0. The molecule has 0 bridgehead atoms. The summed E-state index contributed by atoms with van der Waals surface area (Å²) in [5.74, 6) is 0.899. The van der Waals surface area contributed by atoms with Crippen LogP contribution in [0.15, 0.2) is 22.7 Å². The maximum absolute atomic E-state index is 6.26. The van der Waals surface area contributed by atoms with E-state index < -0.39 is 0 Å². The van der Waals surface area contributed by atoms with Gasteiger partial charge in [-0.25, -0.2) is 9.97 Å². The topological polar surface area (TPSA) is 25.8 Å². The number of aromatic nitrogens is 2. The molecule has 1 heterocycles. The van der Waals surface area contributed by atoms with Crippen LogP contribution in [0.3, 0.4) is 0 Å². The monoisotopic (exact) mass is 358 g/mol. The molecule has 0 aliphatic rings. The molecule has 1 aromatic carbocycles. The SMILES string of the molecule is Cc1nc(-c2ccc(Br)c(Cl)c2)nc(Cl)c1C(C)C. The van der Waals surface area contributed by atoms with Gasteiger partial charge in [0.05, 0.1) is 5.02 Å². The molecule has 0 saturated carbocycles. The van der Waals surface area contributed by atoms with Gasteiger partial charge in [0.25, 0.3) is 0 Å². The molecule has 100 valence electrons. The van der Waals surface area contributed by atoms with Crippen LogP contribution in [-0.4, -0.2) is 9.97 Å². The fraction of sp³-hybridized carbons (Fsp3) is 0.286. The fourth-order valence-corrected chi connectivity index (χ4v) is 2.83. The van der Waals surface area contributed by atoms with Crippen LogP contribution in [0.2, 0.25) is 10.2 Å². The number of nitrogens with zero attached hydrogens (tertiary/aromatic N) is 2. The molecule has 0 saturated heterocycles. The van der Waals surface area contributed by atoms with Crippen molar-refractivity contribution in [3.8, 4) is 11.4 Å². The normalized spacial score (nSPS) is 11.1. The Morgan fingerprint density at radius 2 is 1.84 bits per heavy atom. The van der Waals surface area contributed by atoms with Crippen molar-refractivity contribution >= 4 is 39.1 Å². The average Bonchev–Trinajstić information content (AvgIpc) is 2.31. The van der Waals surface area contributed by atoms with Gasteiger partial charge in [-0.3, -0.25) is 0 Å². The molecule has 2 nitrogen and oxygen atoms in total. The van der Waals surface area contributed by atoms with E-state index in [1.54, 1.807) is 0 Å². The maximum Gasteiger partial charge on any atom is 0.161 e. The van der Waals surface area contributed by atoms with Gasteiger partial charge in [0.1, 0.15) is 5.15 Å². The fourth-order valence-electron chi connectivity index (χ4n) is 1.97. The molecule has 2 rings (SSSR count). The summed E-state index contributed by atoms with van der Waals surface area (Å²) in [4.78, 5) is 8.90. The molecule has 0 spiro atoms. The molecule has 0 unspecified atom stereocenters. The molecule has 0 N–H and O–H groups in total. The van der Waals surface area contributed by atoms with E-state index in [1.165, 1.54) is 0 Å². The third-order valence-corrected chi connectivity index (χ3v) is 4.37. The molecule has 0 atom stereocenters. The quantitative estimate of drug-likeness (QED) is 0.648. The number of rotatable bonds is 2. The van der Waals surface area contributed by atoms with Crippen molar-refractivity contribution < 1.29 is 0 Å². The van der Waals surface area contributed by atoms with Crippen molar-refractivity contribution in [1.29, 1.82) is 0 Å². The summed E-state index contributed by atoms with van der Waals surface area (Å²) in [5.41, 5.74) is 2.76. The number of halogens is 3. The van der Waals surface area contributed by atoms with Crippen LogP contribution in [0.1, 0.15) is 31.0 Å². The van der Waals surface area contributed by atoms with Gasteiger partial charge in [-0.05, 0) is 47.0 Å². The van der Waals surface area contributed by atoms with Gasteiger partial charge in [0.2, 0.25) is 0 Å². The van der Waals surface area contributed by atoms with Gasteiger partial charge in [-0.2, -0.15) is 0 Å². The molecule has 2 aromatic rings. The largest absolute Gasteiger partial charge is 0.233 e.